The zero-order valence-electron chi connectivity index (χ0n) is 11.9. The molecular weight excluding hydrogens is 319 g/mol. The van der Waals surface area contributed by atoms with Crippen molar-refractivity contribution in [1.29, 1.82) is 0 Å². The quantitative estimate of drug-likeness (QED) is 0.920. The molecule has 2 aromatic carbocycles. The molecule has 3 rings (SSSR count). The molecule has 2 aromatic rings. The van der Waals surface area contributed by atoms with Crippen LogP contribution in [0, 0.1) is 5.92 Å². The molecule has 114 valence electrons. The van der Waals surface area contributed by atoms with E-state index in [0.29, 0.717) is 28.1 Å². The van der Waals surface area contributed by atoms with Gasteiger partial charge in [0, 0.05) is 36.8 Å². The average molecular weight is 335 g/mol. The summed E-state index contributed by atoms with van der Waals surface area (Å²) in [6, 6.07) is 15.2. The molecule has 1 aliphatic rings. The highest BCUT2D eigenvalue weighted by atomic mass is 35.5. The first-order valence-corrected chi connectivity index (χ1v) is 7.92. The van der Waals surface area contributed by atoms with Gasteiger partial charge in [-0.1, -0.05) is 41.4 Å². The summed E-state index contributed by atoms with van der Waals surface area (Å²) in [6.07, 6.45) is 0. The van der Waals surface area contributed by atoms with E-state index in [2.05, 4.69) is 22.3 Å². The summed E-state index contributed by atoms with van der Waals surface area (Å²) in [5, 5.41) is 3.80. The maximum Gasteiger partial charge on any atom is 0.251 e. The topological polar surface area (TPSA) is 32.3 Å². The fourth-order valence-corrected chi connectivity index (χ4v) is 2.82. The lowest BCUT2D eigenvalue weighted by atomic mass is 9.99. The smallest absolute Gasteiger partial charge is 0.251 e. The highest BCUT2D eigenvalue weighted by Gasteiger charge is 2.27. The van der Waals surface area contributed by atoms with Gasteiger partial charge in [-0.3, -0.25) is 4.79 Å². The molecule has 0 bridgehead atoms. The molecule has 0 radical (unpaired) electrons. The van der Waals surface area contributed by atoms with E-state index in [0.717, 1.165) is 13.1 Å². The number of carbonyl (C=O) groups excluding carboxylic acids is 1. The van der Waals surface area contributed by atoms with E-state index < -0.39 is 0 Å². The summed E-state index contributed by atoms with van der Waals surface area (Å²) in [5.74, 6) is 0.364. The number of anilines is 1. The fraction of sp³-hybridized carbons (Fsp3) is 0.235. The van der Waals surface area contributed by atoms with Crippen molar-refractivity contribution in [3.63, 3.8) is 0 Å². The molecule has 22 heavy (non-hydrogen) atoms. The van der Waals surface area contributed by atoms with E-state index in [4.69, 9.17) is 23.2 Å². The number of benzene rings is 2. The van der Waals surface area contributed by atoms with Gasteiger partial charge >= 0.3 is 0 Å². The van der Waals surface area contributed by atoms with Crippen LogP contribution in [0.4, 0.5) is 5.69 Å². The number of hydrogen-bond acceptors (Lipinski definition) is 2. The number of hydrogen-bond donors (Lipinski definition) is 1. The number of para-hydroxylation sites is 1. The standard InChI is InChI=1S/C17H16Cl2N2O/c18-15-7-6-13(8-16(15)19)17(22)20-9-12-10-21(11-12)14-4-2-1-3-5-14/h1-8,12H,9-11H2,(H,20,22). The molecule has 0 aliphatic carbocycles. The van der Waals surface area contributed by atoms with Gasteiger partial charge in [0.2, 0.25) is 0 Å². The van der Waals surface area contributed by atoms with Gasteiger partial charge in [-0.15, -0.1) is 0 Å². The molecule has 1 N–H and O–H groups in total. The molecule has 0 aromatic heterocycles. The predicted molar refractivity (Wildman–Crippen MR) is 90.9 cm³/mol. The molecule has 1 amide bonds. The Morgan fingerprint density at radius 1 is 1.09 bits per heavy atom. The molecular formula is C17H16Cl2N2O. The highest BCUT2D eigenvalue weighted by Crippen LogP contribution is 2.24. The van der Waals surface area contributed by atoms with Crippen molar-refractivity contribution in [3.05, 3.63) is 64.1 Å². The fourth-order valence-electron chi connectivity index (χ4n) is 2.53. The van der Waals surface area contributed by atoms with Gasteiger partial charge in [0.25, 0.3) is 5.91 Å². The van der Waals surface area contributed by atoms with E-state index >= 15 is 0 Å². The normalized spacial score (nSPS) is 14.5. The van der Waals surface area contributed by atoms with E-state index in [-0.39, 0.29) is 5.91 Å². The maximum absolute atomic E-state index is 12.1. The zero-order chi connectivity index (χ0) is 15.5. The Hall–Kier alpha value is -1.71. The predicted octanol–water partition coefficient (Wildman–Crippen LogP) is 3.86. The molecule has 0 saturated carbocycles. The molecule has 0 unspecified atom stereocenters. The van der Waals surface area contributed by atoms with Crippen LogP contribution in [-0.4, -0.2) is 25.5 Å². The van der Waals surface area contributed by atoms with Gasteiger partial charge in [-0.2, -0.15) is 0 Å². The number of nitrogens with one attached hydrogen (secondary N) is 1. The largest absolute Gasteiger partial charge is 0.371 e. The van der Waals surface area contributed by atoms with E-state index in [1.807, 2.05) is 18.2 Å². The van der Waals surface area contributed by atoms with Crippen molar-refractivity contribution in [2.24, 2.45) is 5.92 Å². The minimum atomic E-state index is -0.114. The van der Waals surface area contributed by atoms with E-state index in [1.54, 1.807) is 18.2 Å². The van der Waals surface area contributed by atoms with Crippen molar-refractivity contribution in [2.45, 2.75) is 0 Å². The average Bonchev–Trinajstić information content (AvgIpc) is 2.49. The third-order valence-corrected chi connectivity index (χ3v) is 4.55. The van der Waals surface area contributed by atoms with Crippen LogP contribution < -0.4 is 10.2 Å². The van der Waals surface area contributed by atoms with Crippen molar-refractivity contribution in [1.82, 2.24) is 5.32 Å². The minimum absolute atomic E-state index is 0.114. The Morgan fingerprint density at radius 3 is 2.50 bits per heavy atom. The number of amides is 1. The summed E-state index contributed by atoms with van der Waals surface area (Å²) in [4.78, 5) is 14.4. The van der Waals surface area contributed by atoms with Crippen LogP contribution in [0.25, 0.3) is 0 Å². The van der Waals surface area contributed by atoms with E-state index in [1.165, 1.54) is 5.69 Å². The molecule has 1 aliphatic heterocycles. The number of halogens is 2. The number of carbonyl (C=O) groups is 1. The van der Waals surface area contributed by atoms with Crippen molar-refractivity contribution in [3.8, 4) is 0 Å². The Kier molecular flexibility index (Phi) is 4.55. The van der Waals surface area contributed by atoms with Crippen LogP contribution in [0.15, 0.2) is 48.5 Å². The molecule has 1 heterocycles. The first kappa shape index (κ1) is 15.2. The highest BCUT2D eigenvalue weighted by molar-refractivity contribution is 6.42. The monoisotopic (exact) mass is 334 g/mol. The van der Waals surface area contributed by atoms with E-state index in [9.17, 15) is 4.79 Å². The zero-order valence-corrected chi connectivity index (χ0v) is 13.4. The second-order valence-electron chi connectivity index (χ2n) is 5.45. The van der Waals surface area contributed by atoms with Crippen molar-refractivity contribution in [2.75, 3.05) is 24.5 Å². The van der Waals surface area contributed by atoms with Crippen molar-refractivity contribution >= 4 is 34.8 Å². The summed E-state index contributed by atoms with van der Waals surface area (Å²) in [6.45, 7) is 2.60. The second kappa shape index (κ2) is 6.59. The summed E-state index contributed by atoms with van der Waals surface area (Å²) < 4.78 is 0. The summed E-state index contributed by atoms with van der Waals surface area (Å²) in [7, 11) is 0. The SMILES string of the molecule is O=C(NCC1CN(c2ccccc2)C1)c1ccc(Cl)c(Cl)c1. The van der Waals surface area contributed by atoms with Gasteiger partial charge in [0.15, 0.2) is 0 Å². The lowest BCUT2D eigenvalue weighted by Gasteiger charge is -2.41. The Bertz CT molecular complexity index is 670. The van der Waals surface area contributed by atoms with Crippen LogP contribution >= 0.6 is 23.2 Å². The summed E-state index contributed by atoms with van der Waals surface area (Å²) >= 11 is 11.8. The molecule has 0 spiro atoms. The van der Waals surface area contributed by atoms with Gasteiger partial charge in [-0.05, 0) is 30.3 Å². The molecule has 5 heteroatoms. The number of nitrogens with zero attached hydrogens (tertiary/aromatic N) is 1. The van der Waals surface area contributed by atoms with Crippen LogP contribution in [-0.2, 0) is 0 Å². The third kappa shape index (κ3) is 3.37. The molecule has 1 fully saturated rings. The maximum atomic E-state index is 12.1. The lowest BCUT2D eigenvalue weighted by Crippen LogP contribution is -2.51. The van der Waals surface area contributed by atoms with Gasteiger partial charge in [-0.25, -0.2) is 0 Å². The summed E-state index contributed by atoms with van der Waals surface area (Å²) in [5.41, 5.74) is 1.77. The van der Waals surface area contributed by atoms with Gasteiger partial charge < -0.3 is 10.2 Å². The Morgan fingerprint density at radius 2 is 1.82 bits per heavy atom. The van der Waals surface area contributed by atoms with Gasteiger partial charge in [0.1, 0.15) is 0 Å². The Labute approximate surface area is 139 Å². The number of rotatable bonds is 4. The third-order valence-electron chi connectivity index (χ3n) is 3.81. The minimum Gasteiger partial charge on any atom is -0.371 e. The lowest BCUT2D eigenvalue weighted by molar-refractivity contribution is 0.0944. The molecule has 3 nitrogen and oxygen atoms in total. The van der Waals surface area contributed by atoms with Crippen LogP contribution in [0.2, 0.25) is 10.0 Å². The molecule has 1 saturated heterocycles. The van der Waals surface area contributed by atoms with Crippen LogP contribution in [0.5, 0.6) is 0 Å². The van der Waals surface area contributed by atoms with Crippen molar-refractivity contribution < 1.29 is 4.79 Å². The van der Waals surface area contributed by atoms with Gasteiger partial charge in [0.05, 0.1) is 10.0 Å². The Balaban J connectivity index is 1.48. The first-order chi connectivity index (χ1) is 10.6. The molecule has 0 atom stereocenters. The second-order valence-corrected chi connectivity index (χ2v) is 6.26. The first-order valence-electron chi connectivity index (χ1n) is 7.17. The van der Waals surface area contributed by atoms with Crippen LogP contribution in [0.1, 0.15) is 10.4 Å². The van der Waals surface area contributed by atoms with Crippen LogP contribution in [0.3, 0.4) is 0 Å².